The monoisotopic (exact) mass is 137 g/mol. The largest absolute Gasteiger partial charge is 0.412 e. The van der Waals surface area contributed by atoms with Gasteiger partial charge < -0.3 is 15.7 Å². The van der Waals surface area contributed by atoms with Crippen LogP contribution >= 0.6 is 0 Å². The van der Waals surface area contributed by atoms with Crippen LogP contribution in [0.2, 0.25) is 0 Å². The highest BCUT2D eigenvalue weighted by Gasteiger charge is 2.21. The van der Waals surface area contributed by atoms with Crippen molar-refractivity contribution in [1.82, 2.24) is 4.90 Å². The van der Waals surface area contributed by atoms with Gasteiger partial charge in [0, 0.05) is 6.42 Å². The molecule has 4 N–H and O–H groups in total. The third-order valence-electron chi connectivity index (χ3n) is 1.19. The van der Waals surface area contributed by atoms with Crippen molar-refractivity contribution < 1.29 is 15.7 Å². The van der Waals surface area contributed by atoms with Crippen LogP contribution in [0.25, 0.3) is 0 Å². The van der Waals surface area contributed by atoms with Crippen molar-refractivity contribution in [2.45, 2.75) is 19.3 Å². The second-order valence-electron chi connectivity index (χ2n) is 2.02. The van der Waals surface area contributed by atoms with Gasteiger partial charge in [0.05, 0.1) is 0 Å². The highest BCUT2D eigenvalue weighted by molar-refractivity contribution is 4.55. The van der Waals surface area contributed by atoms with Crippen LogP contribution in [0.5, 0.6) is 0 Å². The minimum Gasteiger partial charge on any atom is -0.412 e. The molecule has 0 aliphatic carbocycles. The summed E-state index contributed by atoms with van der Waals surface area (Å²) in [5.74, 6) is -1.62. The molecule has 0 aromatic rings. The lowest BCUT2D eigenvalue weighted by Crippen LogP contribution is -2.43. The van der Waals surface area contributed by atoms with Gasteiger partial charge in [0.25, 0.3) is 0 Å². The Kier molecular flexibility index (Phi) is 4.89. The molecule has 0 heterocycles. The molecule has 0 bridgehead atoms. The highest BCUT2D eigenvalue weighted by atomic mass is 16.5. The van der Waals surface area contributed by atoms with Crippen LogP contribution in [0.3, 0.4) is 0 Å². The molecule has 0 radical (unpaired) electrons. The van der Waals surface area contributed by atoms with E-state index in [0.29, 0.717) is 6.42 Å². The zero-order valence-corrected chi connectivity index (χ0v) is 6.05. The lowest BCUT2D eigenvalue weighted by molar-refractivity contribution is -0.249. The summed E-state index contributed by atoms with van der Waals surface area (Å²) in [5, 5.41) is 17.8. The van der Waals surface area contributed by atoms with Crippen molar-refractivity contribution in [2.24, 2.45) is 0 Å². The fourth-order valence-electron chi connectivity index (χ4n) is 0.316. The summed E-state index contributed by atoms with van der Waals surface area (Å²) in [6.07, 6.45) is 0.319. The van der Waals surface area contributed by atoms with Gasteiger partial charge in [-0.15, -0.1) is 0 Å². The van der Waals surface area contributed by atoms with Crippen molar-refractivity contribution in [1.29, 1.82) is 0 Å². The number of hydrogen-bond donors (Lipinski definition) is 2. The summed E-state index contributed by atoms with van der Waals surface area (Å²) in [5.41, 5.74) is 0. The summed E-state index contributed by atoms with van der Waals surface area (Å²) in [4.78, 5) is 1.35. The van der Waals surface area contributed by atoms with Gasteiger partial charge in [-0.1, -0.05) is 6.92 Å². The van der Waals surface area contributed by atoms with Crippen molar-refractivity contribution in [3.05, 3.63) is 0 Å². The number of rotatable bonds is 2. The normalized spacial score (nSPS) is 11.3. The molecule has 0 aromatic carbocycles. The second-order valence-corrected chi connectivity index (χ2v) is 2.02. The fraction of sp³-hybridized carbons (Fsp3) is 1.00. The van der Waals surface area contributed by atoms with Gasteiger partial charge in [-0.25, -0.2) is 0 Å². The average molecular weight is 137 g/mol. The van der Waals surface area contributed by atoms with E-state index in [-0.39, 0.29) is 5.48 Å². The second kappa shape index (κ2) is 3.79. The van der Waals surface area contributed by atoms with E-state index in [9.17, 15) is 0 Å². The Balaban J connectivity index is 0. The average Bonchev–Trinajstić information content (AvgIpc) is 1.67. The Morgan fingerprint density at radius 1 is 1.33 bits per heavy atom. The Bertz CT molecular complexity index is 72.6. The molecule has 0 fully saturated rings. The molecule has 0 atom stereocenters. The van der Waals surface area contributed by atoms with E-state index in [4.69, 9.17) is 10.2 Å². The molecule has 0 saturated carbocycles. The van der Waals surface area contributed by atoms with E-state index in [1.807, 2.05) is 0 Å². The topological polar surface area (TPSA) is 75.2 Å². The predicted molar refractivity (Wildman–Crippen MR) is 34.8 cm³/mol. The Morgan fingerprint density at radius 2 is 1.67 bits per heavy atom. The van der Waals surface area contributed by atoms with E-state index >= 15 is 0 Å². The minimum absolute atomic E-state index is 0. The first-order valence-corrected chi connectivity index (χ1v) is 2.63. The van der Waals surface area contributed by atoms with Gasteiger partial charge >= 0.3 is 0 Å². The van der Waals surface area contributed by atoms with E-state index in [0.717, 1.165) is 0 Å². The van der Waals surface area contributed by atoms with E-state index in [2.05, 4.69) is 0 Å². The third-order valence-corrected chi connectivity index (χ3v) is 1.19. The fourth-order valence-corrected chi connectivity index (χ4v) is 0.316. The molecule has 0 spiro atoms. The molecule has 0 unspecified atom stereocenters. The summed E-state index contributed by atoms with van der Waals surface area (Å²) >= 11 is 0. The van der Waals surface area contributed by atoms with Gasteiger partial charge in [-0.2, -0.15) is 0 Å². The van der Waals surface area contributed by atoms with Crippen LogP contribution < -0.4 is 0 Å². The van der Waals surface area contributed by atoms with Crippen LogP contribution in [0.15, 0.2) is 0 Å². The summed E-state index contributed by atoms with van der Waals surface area (Å²) in [6.45, 7) is 1.71. The molecule has 58 valence electrons. The summed E-state index contributed by atoms with van der Waals surface area (Å²) < 4.78 is 0. The maximum absolute atomic E-state index is 8.88. The van der Waals surface area contributed by atoms with E-state index in [1.165, 1.54) is 4.90 Å². The van der Waals surface area contributed by atoms with Crippen LogP contribution in [0.1, 0.15) is 13.3 Å². The molecule has 0 aliphatic rings. The van der Waals surface area contributed by atoms with Crippen molar-refractivity contribution in [3.63, 3.8) is 0 Å². The highest BCUT2D eigenvalue weighted by Crippen LogP contribution is 2.05. The van der Waals surface area contributed by atoms with Gasteiger partial charge in [0.2, 0.25) is 5.91 Å². The van der Waals surface area contributed by atoms with E-state index in [1.54, 1.807) is 21.0 Å². The Labute approximate surface area is 55.0 Å². The van der Waals surface area contributed by atoms with Crippen molar-refractivity contribution >= 4 is 0 Å². The molecule has 4 heteroatoms. The van der Waals surface area contributed by atoms with Crippen LogP contribution in [-0.4, -0.2) is 40.6 Å². The molecule has 9 heavy (non-hydrogen) atoms. The number of hydrogen-bond acceptors (Lipinski definition) is 3. The standard InChI is InChI=1S/C5H13NO2.H2O/c1-4-5(7,8)6(2)3;/h7-8H,4H2,1-3H3;1H2. The Morgan fingerprint density at radius 3 is 1.67 bits per heavy atom. The van der Waals surface area contributed by atoms with Crippen molar-refractivity contribution in [3.8, 4) is 0 Å². The lowest BCUT2D eigenvalue weighted by Gasteiger charge is -2.26. The van der Waals surface area contributed by atoms with Gasteiger partial charge in [0.15, 0.2) is 0 Å². The maximum Gasteiger partial charge on any atom is 0.224 e. The smallest absolute Gasteiger partial charge is 0.224 e. The van der Waals surface area contributed by atoms with Gasteiger partial charge in [-0.3, -0.25) is 4.90 Å². The van der Waals surface area contributed by atoms with Crippen LogP contribution in [0, 0.1) is 0 Å². The quantitative estimate of drug-likeness (QED) is 0.468. The first kappa shape index (κ1) is 11.6. The lowest BCUT2D eigenvalue weighted by atomic mass is 10.3. The predicted octanol–water partition coefficient (Wildman–Crippen LogP) is -1.23. The molecule has 0 aromatic heterocycles. The van der Waals surface area contributed by atoms with Crippen LogP contribution in [0.4, 0.5) is 0 Å². The summed E-state index contributed by atoms with van der Waals surface area (Å²) in [6, 6.07) is 0. The molecule has 0 aliphatic heterocycles. The molecule has 4 nitrogen and oxygen atoms in total. The molecule has 0 amide bonds. The summed E-state index contributed by atoms with van der Waals surface area (Å²) in [7, 11) is 3.23. The first-order chi connectivity index (χ1) is 3.50. The minimum atomic E-state index is -1.62. The number of nitrogens with zero attached hydrogens (tertiary/aromatic N) is 1. The third kappa shape index (κ3) is 3.42. The molecule has 0 rings (SSSR count). The zero-order chi connectivity index (χ0) is 6.78. The zero-order valence-electron chi connectivity index (χ0n) is 6.05. The molecule has 0 saturated heterocycles. The first-order valence-electron chi connectivity index (χ1n) is 2.63. The SMILES string of the molecule is CCC(O)(O)N(C)C.O. The number of aliphatic hydroxyl groups is 2. The maximum atomic E-state index is 8.88. The molecular weight excluding hydrogens is 122 g/mol. The van der Waals surface area contributed by atoms with Gasteiger partial charge in [0.1, 0.15) is 0 Å². The van der Waals surface area contributed by atoms with Crippen LogP contribution in [-0.2, 0) is 0 Å². The van der Waals surface area contributed by atoms with Gasteiger partial charge in [-0.05, 0) is 14.1 Å². The Hall–Kier alpha value is -0.160. The molecular formula is C5H15NO3. The van der Waals surface area contributed by atoms with Crippen molar-refractivity contribution in [2.75, 3.05) is 14.1 Å². The van der Waals surface area contributed by atoms with E-state index < -0.39 is 5.91 Å².